The highest BCUT2D eigenvalue weighted by atomic mass is 32.1. The molecule has 102 valence electrons. The van der Waals surface area contributed by atoms with Gasteiger partial charge in [0, 0.05) is 31.8 Å². The van der Waals surface area contributed by atoms with Crippen molar-refractivity contribution in [3.05, 3.63) is 34.1 Å². The number of anilines is 1. The van der Waals surface area contributed by atoms with Crippen LogP contribution >= 0.6 is 11.3 Å². The van der Waals surface area contributed by atoms with Crippen LogP contribution in [0.4, 0.5) is 5.13 Å². The zero-order valence-corrected chi connectivity index (χ0v) is 11.9. The van der Waals surface area contributed by atoms with Crippen LogP contribution < -0.4 is 10.9 Å². The van der Waals surface area contributed by atoms with Crippen molar-refractivity contribution >= 4 is 16.5 Å². The SMILES string of the molecule is CCNc1nc(-c2cccn(CCOC)c2=O)cs1. The third-order valence-electron chi connectivity index (χ3n) is 2.66. The maximum atomic E-state index is 12.3. The van der Waals surface area contributed by atoms with Gasteiger partial charge in [0.25, 0.3) is 5.56 Å². The van der Waals surface area contributed by atoms with Gasteiger partial charge in [-0.2, -0.15) is 0 Å². The Labute approximate surface area is 115 Å². The van der Waals surface area contributed by atoms with Crippen molar-refractivity contribution < 1.29 is 4.74 Å². The number of aromatic nitrogens is 2. The minimum Gasteiger partial charge on any atom is -0.383 e. The Bertz CT molecular complexity index is 592. The number of hydrogen-bond acceptors (Lipinski definition) is 5. The second-order valence-corrected chi connectivity index (χ2v) is 4.84. The van der Waals surface area contributed by atoms with Crippen molar-refractivity contribution in [1.29, 1.82) is 0 Å². The van der Waals surface area contributed by atoms with Gasteiger partial charge in [0.05, 0.1) is 17.9 Å². The number of nitrogens with one attached hydrogen (secondary N) is 1. The van der Waals surface area contributed by atoms with Gasteiger partial charge in [-0.15, -0.1) is 11.3 Å². The van der Waals surface area contributed by atoms with Gasteiger partial charge in [0.1, 0.15) is 0 Å². The Balaban J connectivity index is 2.30. The molecule has 0 radical (unpaired) electrons. The lowest BCUT2D eigenvalue weighted by molar-refractivity contribution is 0.186. The van der Waals surface area contributed by atoms with Gasteiger partial charge in [-0.3, -0.25) is 4.79 Å². The molecule has 0 spiro atoms. The summed E-state index contributed by atoms with van der Waals surface area (Å²) in [4.78, 5) is 16.7. The van der Waals surface area contributed by atoms with Crippen LogP contribution in [-0.4, -0.2) is 29.8 Å². The summed E-state index contributed by atoms with van der Waals surface area (Å²) in [5.74, 6) is 0. The highest BCUT2D eigenvalue weighted by Gasteiger charge is 2.09. The minimum atomic E-state index is -0.0344. The molecule has 0 aliphatic carbocycles. The van der Waals surface area contributed by atoms with Crippen LogP contribution in [0.3, 0.4) is 0 Å². The number of thiazole rings is 1. The van der Waals surface area contributed by atoms with Crippen LogP contribution in [0.1, 0.15) is 6.92 Å². The molecule has 1 N–H and O–H groups in total. The number of nitrogens with zero attached hydrogens (tertiary/aromatic N) is 2. The maximum Gasteiger partial charge on any atom is 0.260 e. The molecule has 0 bridgehead atoms. The molecule has 0 fully saturated rings. The van der Waals surface area contributed by atoms with E-state index in [0.29, 0.717) is 18.7 Å². The topological polar surface area (TPSA) is 56.1 Å². The van der Waals surface area contributed by atoms with Crippen molar-refractivity contribution in [3.63, 3.8) is 0 Å². The van der Waals surface area contributed by atoms with Crippen LogP contribution in [-0.2, 0) is 11.3 Å². The van der Waals surface area contributed by atoms with Gasteiger partial charge in [-0.05, 0) is 19.1 Å². The van der Waals surface area contributed by atoms with E-state index < -0.39 is 0 Å². The summed E-state index contributed by atoms with van der Waals surface area (Å²) in [6, 6.07) is 3.66. The smallest absolute Gasteiger partial charge is 0.260 e. The Morgan fingerprint density at radius 1 is 1.53 bits per heavy atom. The summed E-state index contributed by atoms with van der Waals surface area (Å²) in [6.45, 7) is 3.90. The first-order valence-corrected chi connectivity index (χ1v) is 7.02. The first-order chi connectivity index (χ1) is 9.26. The van der Waals surface area contributed by atoms with E-state index in [1.807, 2.05) is 18.4 Å². The fourth-order valence-corrected chi connectivity index (χ4v) is 2.51. The molecule has 0 saturated carbocycles. The molecule has 0 saturated heterocycles. The van der Waals surface area contributed by atoms with Crippen molar-refractivity contribution in [2.45, 2.75) is 13.5 Å². The number of ether oxygens (including phenoxy) is 1. The molecule has 2 aromatic heterocycles. The second-order valence-electron chi connectivity index (χ2n) is 3.98. The van der Waals surface area contributed by atoms with E-state index in [1.54, 1.807) is 23.9 Å². The minimum absolute atomic E-state index is 0.0344. The van der Waals surface area contributed by atoms with Gasteiger partial charge < -0.3 is 14.6 Å². The van der Waals surface area contributed by atoms with E-state index in [1.165, 1.54) is 11.3 Å². The molecule has 2 rings (SSSR count). The Hall–Kier alpha value is -1.66. The molecule has 6 heteroatoms. The van der Waals surface area contributed by atoms with Crippen molar-refractivity contribution in [2.75, 3.05) is 25.6 Å². The molecule has 2 heterocycles. The summed E-state index contributed by atoms with van der Waals surface area (Å²) >= 11 is 1.51. The molecule has 0 amide bonds. The lowest BCUT2D eigenvalue weighted by atomic mass is 10.2. The van der Waals surface area contributed by atoms with Crippen molar-refractivity contribution in [2.24, 2.45) is 0 Å². The summed E-state index contributed by atoms with van der Waals surface area (Å²) in [6.07, 6.45) is 1.77. The third-order valence-corrected chi connectivity index (χ3v) is 3.46. The van der Waals surface area contributed by atoms with Crippen molar-refractivity contribution in [3.8, 4) is 11.3 Å². The van der Waals surface area contributed by atoms with E-state index >= 15 is 0 Å². The summed E-state index contributed by atoms with van der Waals surface area (Å²) in [5.41, 5.74) is 1.31. The summed E-state index contributed by atoms with van der Waals surface area (Å²) in [5, 5.41) is 5.88. The van der Waals surface area contributed by atoms with E-state index in [4.69, 9.17) is 4.74 Å². The molecule has 19 heavy (non-hydrogen) atoms. The Morgan fingerprint density at radius 2 is 2.37 bits per heavy atom. The third kappa shape index (κ3) is 3.21. The number of pyridine rings is 1. The second kappa shape index (κ2) is 6.49. The zero-order valence-electron chi connectivity index (χ0n) is 11.0. The molecular formula is C13H17N3O2S. The van der Waals surface area contributed by atoms with Crippen LogP contribution in [0.5, 0.6) is 0 Å². The highest BCUT2D eigenvalue weighted by Crippen LogP contribution is 2.22. The molecule has 0 atom stereocenters. The predicted molar refractivity (Wildman–Crippen MR) is 77.8 cm³/mol. The maximum absolute atomic E-state index is 12.3. The fourth-order valence-electron chi connectivity index (χ4n) is 1.73. The van der Waals surface area contributed by atoms with E-state index in [2.05, 4.69) is 10.3 Å². The van der Waals surface area contributed by atoms with Crippen LogP contribution in [0, 0.1) is 0 Å². The van der Waals surface area contributed by atoms with Crippen LogP contribution in [0.15, 0.2) is 28.5 Å². The molecule has 0 unspecified atom stereocenters. The number of hydrogen-bond donors (Lipinski definition) is 1. The largest absolute Gasteiger partial charge is 0.383 e. The quantitative estimate of drug-likeness (QED) is 0.879. The van der Waals surface area contributed by atoms with E-state index in [9.17, 15) is 4.79 Å². The molecule has 0 aliphatic heterocycles. The normalized spacial score (nSPS) is 10.6. The highest BCUT2D eigenvalue weighted by molar-refractivity contribution is 7.14. The Kier molecular flexibility index (Phi) is 4.70. The molecule has 5 nitrogen and oxygen atoms in total. The molecule has 2 aromatic rings. The fraction of sp³-hybridized carbons (Fsp3) is 0.385. The average Bonchev–Trinajstić information content (AvgIpc) is 2.86. The van der Waals surface area contributed by atoms with Gasteiger partial charge in [-0.25, -0.2) is 4.98 Å². The molecular weight excluding hydrogens is 262 g/mol. The summed E-state index contributed by atoms with van der Waals surface area (Å²) < 4.78 is 6.64. The number of methoxy groups -OCH3 is 1. The first kappa shape index (κ1) is 13.8. The number of rotatable bonds is 6. The van der Waals surface area contributed by atoms with Gasteiger partial charge >= 0.3 is 0 Å². The van der Waals surface area contributed by atoms with Gasteiger partial charge in [-0.1, -0.05) is 0 Å². The lowest BCUT2D eigenvalue weighted by Crippen LogP contribution is -2.22. The van der Waals surface area contributed by atoms with Gasteiger partial charge in [0.15, 0.2) is 5.13 Å². The van der Waals surface area contributed by atoms with Gasteiger partial charge in [0.2, 0.25) is 0 Å². The van der Waals surface area contributed by atoms with E-state index in [0.717, 1.165) is 17.4 Å². The standard InChI is InChI=1S/C13H17N3O2S/c1-3-14-13-15-11(9-19-13)10-5-4-6-16(12(10)17)7-8-18-2/h4-6,9H,3,7-8H2,1-2H3,(H,14,15). The average molecular weight is 279 g/mol. The zero-order chi connectivity index (χ0) is 13.7. The van der Waals surface area contributed by atoms with Crippen LogP contribution in [0.25, 0.3) is 11.3 Å². The summed E-state index contributed by atoms with van der Waals surface area (Å²) in [7, 11) is 1.62. The Morgan fingerprint density at radius 3 is 3.11 bits per heavy atom. The van der Waals surface area contributed by atoms with Crippen molar-refractivity contribution in [1.82, 2.24) is 9.55 Å². The lowest BCUT2D eigenvalue weighted by Gasteiger charge is -2.06. The van der Waals surface area contributed by atoms with Crippen LogP contribution in [0.2, 0.25) is 0 Å². The monoisotopic (exact) mass is 279 g/mol. The molecule has 0 aromatic carbocycles. The predicted octanol–water partition coefficient (Wildman–Crippen LogP) is 2.05. The first-order valence-electron chi connectivity index (χ1n) is 6.14. The van der Waals surface area contributed by atoms with E-state index in [-0.39, 0.29) is 5.56 Å². The molecule has 0 aliphatic rings.